The number of carbonyl (C=O) groups excluding carboxylic acids is 1. The van der Waals surface area contributed by atoms with Gasteiger partial charge in [0.1, 0.15) is 5.82 Å². The summed E-state index contributed by atoms with van der Waals surface area (Å²) in [6.45, 7) is 1.70. The highest BCUT2D eigenvalue weighted by molar-refractivity contribution is 7.88. The molecule has 27 heavy (non-hydrogen) atoms. The van der Waals surface area contributed by atoms with E-state index in [0.29, 0.717) is 58.3 Å². The van der Waals surface area contributed by atoms with Crippen LogP contribution in [0.1, 0.15) is 31.2 Å². The number of aliphatic hydroxyl groups is 1. The molecule has 2 heterocycles. The van der Waals surface area contributed by atoms with Crippen molar-refractivity contribution in [3.05, 3.63) is 35.6 Å². The van der Waals surface area contributed by atoms with Crippen LogP contribution in [0, 0.1) is 11.7 Å². The topological polar surface area (TPSA) is 77.9 Å². The molecule has 0 aromatic heterocycles. The van der Waals surface area contributed by atoms with Crippen LogP contribution in [0.2, 0.25) is 0 Å². The third-order valence-corrected chi connectivity index (χ3v) is 7.00. The standard InChI is InChI=1S/C19H27FN2O4S/c1-27(25,26)22-9-5-16(6-10-22)18(23)21-11-7-19(24,8-12-21)14-15-3-2-4-17(20)13-15/h2-4,13,16,24H,5-12,14H2,1H3. The minimum atomic E-state index is -3.20. The van der Waals surface area contributed by atoms with E-state index in [1.807, 2.05) is 0 Å². The Morgan fingerprint density at radius 1 is 1.22 bits per heavy atom. The van der Waals surface area contributed by atoms with Crippen LogP contribution in [-0.4, -0.2) is 66.7 Å². The summed E-state index contributed by atoms with van der Waals surface area (Å²) in [5.74, 6) is -0.419. The molecule has 2 saturated heterocycles. The second kappa shape index (κ2) is 7.85. The first-order valence-corrected chi connectivity index (χ1v) is 11.2. The van der Waals surface area contributed by atoms with Crippen LogP contribution in [0.4, 0.5) is 4.39 Å². The highest BCUT2D eigenvalue weighted by Gasteiger charge is 2.37. The Hall–Kier alpha value is -1.51. The van der Waals surface area contributed by atoms with Crippen molar-refractivity contribution < 1.29 is 22.7 Å². The van der Waals surface area contributed by atoms with Crippen molar-refractivity contribution in [2.45, 2.75) is 37.7 Å². The Morgan fingerprint density at radius 2 is 1.85 bits per heavy atom. The molecule has 3 rings (SSSR count). The van der Waals surface area contributed by atoms with Crippen LogP contribution in [0.5, 0.6) is 0 Å². The minimum absolute atomic E-state index is 0.0518. The summed E-state index contributed by atoms with van der Waals surface area (Å²) >= 11 is 0. The molecule has 1 aromatic rings. The molecule has 0 spiro atoms. The van der Waals surface area contributed by atoms with Gasteiger partial charge in [-0.1, -0.05) is 12.1 Å². The SMILES string of the molecule is CS(=O)(=O)N1CCC(C(=O)N2CCC(O)(Cc3cccc(F)c3)CC2)CC1. The van der Waals surface area contributed by atoms with Crippen molar-refractivity contribution in [2.24, 2.45) is 5.92 Å². The lowest BCUT2D eigenvalue weighted by Gasteiger charge is -2.40. The van der Waals surface area contributed by atoms with Crippen LogP contribution in [0.3, 0.4) is 0 Å². The van der Waals surface area contributed by atoms with Gasteiger partial charge in [0.25, 0.3) is 0 Å². The highest BCUT2D eigenvalue weighted by atomic mass is 32.2. The molecule has 0 aliphatic carbocycles. The quantitative estimate of drug-likeness (QED) is 0.832. The lowest BCUT2D eigenvalue weighted by Crippen LogP contribution is -2.50. The summed E-state index contributed by atoms with van der Waals surface area (Å²) in [4.78, 5) is 14.5. The molecule has 0 bridgehead atoms. The van der Waals surface area contributed by atoms with Gasteiger partial charge in [-0.15, -0.1) is 0 Å². The van der Waals surface area contributed by atoms with E-state index in [2.05, 4.69) is 0 Å². The van der Waals surface area contributed by atoms with E-state index in [4.69, 9.17) is 0 Å². The number of hydrogen-bond donors (Lipinski definition) is 1. The van der Waals surface area contributed by atoms with E-state index in [-0.39, 0.29) is 17.6 Å². The third-order valence-electron chi connectivity index (χ3n) is 5.70. The number of sulfonamides is 1. The fraction of sp³-hybridized carbons (Fsp3) is 0.632. The molecule has 0 atom stereocenters. The monoisotopic (exact) mass is 398 g/mol. The van der Waals surface area contributed by atoms with Crippen LogP contribution < -0.4 is 0 Å². The summed E-state index contributed by atoms with van der Waals surface area (Å²) in [5, 5.41) is 10.8. The first-order valence-electron chi connectivity index (χ1n) is 9.37. The minimum Gasteiger partial charge on any atom is -0.389 e. The maximum Gasteiger partial charge on any atom is 0.225 e. The summed E-state index contributed by atoms with van der Waals surface area (Å²) < 4.78 is 37.9. The van der Waals surface area contributed by atoms with Gasteiger partial charge >= 0.3 is 0 Å². The van der Waals surface area contributed by atoms with Crippen LogP contribution in [0.15, 0.2) is 24.3 Å². The maximum atomic E-state index is 13.3. The normalized spacial score (nSPS) is 22.0. The molecule has 0 saturated carbocycles. The molecule has 1 N–H and O–H groups in total. The fourth-order valence-corrected chi connectivity index (χ4v) is 4.91. The summed E-state index contributed by atoms with van der Waals surface area (Å²) in [5.41, 5.74) is -0.171. The van der Waals surface area contributed by atoms with E-state index in [1.165, 1.54) is 22.7 Å². The average Bonchev–Trinajstić information content (AvgIpc) is 2.61. The number of nitrogens with zero attached hydrogens (tertiary/aromatic N) is 2. The van der Waals surface area contributed by atoms with Gasteiger partial charge in [0.2, 0.25) is 15.9 Å². The van der Waals surface area contributed by atoms with Crippen LogP contribution in [-0.2, 0) is 21.2 Å². The largest absolute Gasteiger partial charge is 0.389 e. The fourth-order valence-electron chi connectivity index (χ4n) is 4.04. The Kier molecular flexibility index (Phi) is 5.88. The van der Waals surface area contributed by atoms with Crippen molar-refractivity contribution in [1.29, 1.82) is 0 Å². The van der Waals surface area contributed by atoms with Gasteiger partial charge in [-0.05, 0) is 43.4 Å². The molecular formula is C19H27FN2O4S. The number of hydrogen-bond acceptors (Lipinski definition) is 4. The molecule has 0 unspecified atom stereocenters. The zero-order chi connectivity index (χ0) is 19.7. The predicted octanol–water partition coefficient (Wildman–Crippen LogP) is 1.39. The number of amides is 1. The lowest BCUT2D eigenvalue weighted by molar-refractivity contribution is -0.141. The van der Waals surface area contributed by atoms with Gasteiger partial charge in [-0.2, -0.15) is 0 Å². The number of rotatable bonds is 4. The molecule has 2 aliphatic rings. The van der Waals surface area contributed by atoms with Gasteiger partial charge < -0.3 is 10.0 Å². The number of carbonyl (C=O) groups is 1. The van der Waals surface area contributed by atoms with Gasteiger partial charge in [0.15, 0.2) is 0 Å². The molecule has 1 aromatic carbocycles. The van der Waals surface area contributed by atoms with E-state index < -0.39 is 15.6 Å². The molecule has 0 radical (unpaired) electrons. The van der Waals surface area contributed by atoms with Crippen molar-refractivity contribution in [2.75, 3.05) is 32.4 Å². The summed E-state index contributed by atoms with van der Waals surface area (Å²) in [6.07, 6.45) is 3.56. The van der Waals surface area contributed by atoms with Crippen molar-refractivity contribution in [3.8, 4) is 0 Å². The number of piperidine rings is 2. The first kappa shape index (κ1) is 20.2. The van der Waals surface area contributed by atoms with Crippen LogP contribution >= 0.6 is 0 Å². The molecular weight excluding hydrogens is 371 g/mol. The Bertz CT molecular complexity index is 783. The molecule has 2 fully saturated rings. The lowest BCUT2D eigenvalue weighted by atomic mass is 9.84. The molecule has 150 valence electrons. The third kappa shape index (κ3) is 5.06. The average molecular weight is 399 g/mol. The van der Waals surface area contributed by atoms with Gasteiger partial charge in [0, 0.05) is 38.5 Å². The first-order chi connectivity index (χ1) is 12.7. The predicted molar refractivity (Wildman–Crippen MR) is 100 cm³/mol. The van der Waals surface area contributed by atoms with E-state index >= 15 is 0 Å². The Labute approximate surface area is 160 Å². The zero-order valence-electron chi connectivity index (χ0n) is 15.6. The van der Waals surface area contributed by atoms with Crippen molar-refractivity contribution in [1.82, 2.24) is 9.21 Å². The maximum absolute atomic E-state index is 13.3. The zero-order valence-corrected chi connectivity index (χ0v) is 16.4. The molecule has 2 aliphatic heterocycles. The van der Waals surface area contributed by atoms with E-state index in [1.54, 1.807) is 17.0 Å². The van der Waals surface area contributed by atoms with Crippen molar-refractivity contribution in [3.63, 3.8) is 0 Å². The van der Waals surface area contributed by atoms with Gasteiger partial charge in [-0.25, -0.2) is 17.1 Å². The Morgan fingerprint density at radius 3 is 2.41 bits per heavy atom. The Balaban J connectivity index is 1.52. The van der Waals surface area contributed by atoms with Crippen molar-refractivity contribution >= 4 is 15.9 Å². The number of halogens is 1. The van der Waals surface area contributed by atoms with E-state index in [9.17, 15) is 22.7 Å². The second-order valence-corrected chi connectivity index (χ2v) is 9.78. The van der Waals surface area contributed by atoms with E-state index in [0.717, 1.165) is 5.56 Å². The molecule has 6 nitrogen and oxygen atoms in total. The summed E-state index contributed by atoms with van der Waals surface area (Å²) in [7, 11) is -3.20. The van der Waals surface area contributed by atoms with Gasteiger partial charge in [0.05, 0.1) is 11.9 Å². The molecule has 8 heteroatoms. The number of likely N-dealkylation sites (tertiary alicyclic amines) is 1. The summed E-state index contributed by atoms with van der Waals surface area (Å²) in [6, 6.07) is 6.25. The van der Waals surface area contributed by atoms with Crippen LogP contribution in [0.25, 0.3) is 0 Å². The van der Waals surface area contributed by atoms with Gasteiger partial charge in [-0.3, -0.25) is 4.79 Å². The highest BCUT2D eigenvalue weighted by Crippen LogP contribution is 2.29. The molecule has 1 amide bonds. The second-order valence-electron chi connectivity index (χ2n) is 7.79. The number of benzene rings is 1. The smallest absolute Gasteiger partial charge is 0.225 e.